The van der Waals surface area contributed by atoms with Gasteiger partial charge in [0.05, 0.1) is 30.0 Å². The number of fused-ring (bicyclic) bond motifs is 1. The second kappa shape index (κ2) is 10.2. The van der Waals surface area contributed by atoms with E-state index in [9.17, 15) is 23.1 Å². The molecule has 0 atom stereocenters. The molecule has 0 radical (unpaired) electrons. The van der Waals surface area contributed by atoms with E-state index in [0.717, 1.165) is 50.5 Å². The molecule has 0 spiro atoms. The molecule has 1 aliphatic heterocycles. The number of benzene rings is 2. The van der Waals surface area contributed by atoms with Gasteiger partial charge >= 0.3 is 6.18 Å². The van der Waals surface area contributed by atoms with Gasteiger partial charge in [0.1, 0.15) is 0 Å². The van der Waals surface area contributed by atoms with E-state index in [0.29, 0.717) is 33.3 Å². The van der Waals surface area contributed by atoms with Crippen LogP contribution in [0, 0.1) is 0 Å². The van der Waals surface area contributed by atoms with Crippen LogP contribution in [0.5, 0.6) is 5.88 Å². The van der Waals surface area contributed by atoms with Gasteiger partial charge in [-0.05, 0) is 47.5 Å². The minimum absolute atomic E-state index is 0.0502. The number of carbonyl (C=O) groups excluding carboxylic acids is 1. The number of morpholine rings is 1. The number of aromatic amines is 1. The van der Waals surface area contributed by atoms with Gasteiger partial charge in [0, 0.05) is 48.8 Å². The molecule has 7 nitrogen and oxygen atoms in total. The first kappa shape index (κ1) is 24.8. The molecule has 1 aliphatic rings. The van der Waals surface area contributed by atoms with Crippen LogP contribution in [0.2, 0.25) is 0 Å². The molecule has 2 aromatic carbocycles. The second-order valence-electron chi connectivity index (χ2n) is 8.93. The molecule has 3 heterocycles. The lowest BCUT2D eigenvalue weighted by molar-refractivity contribution is -0.137. The Morgan fingerprint density at radius 2 is 1.78 bits per heavy atom. The molecule has 1 amide bonds. The highest BCUT2D eigenvalue weighted by molar-refractivity contribution is 6.03. The van der Waals surface area contributed by atoms with E-state index in [4.69, 9.17) is 4.74 Å². The average molecular weight is 511 g/mol. The monoisotopic (exact) mass is 510 g/mol. The minimum atomic E-state index is -4.41. The summed E-state index contributed by atoms with van der Waals surface area (Å²) in [6.45, 7) is 4.01. The van der Waals surface area contributed by atoms with E-state index in [-0.39, 0.29) is 18.3 Å². The fraction of sp³-hybridized carbons (Fsp3) is 0.259. The van der Waals surface area contributed by atoms with Crippen LogP contribution >= 0.6 is 0 Å². The molecule has 2 aromatic heterocycles. The van der Waals surface area contributed by atoms with Crippen LogP contribution < -0.4 is 5.32 Å². The van der Waals surface area contributed by atoms with Crippen LogP contribution in [-0.4, -0.2) is 52.2 Å². The molecular weight excluding hydrogens is 485 g/mol. The standard InChI is InChI=1S/C27H25F3N4O3/c28-27(29,30)20-5-1-17(2-6-20)14-32-25(35)19-4-8-22-21(13-19)24(26(36)33-22)23-7-3-18(15-31-23)16-34-9-11-37-12-10-34/h1-8,13,15,33,36H,9-12,14,16H2,(H,32,35). The number of hydrogen-bond acceptors (Lipinski definition) is 5. The molecule has 1 fully saturated rings. The fourth-order valence-corrected chi connectivity index (χ4v) is 4.36. The molecule has 0 unspecified atom stereocenters. The predicted molar refractivity (Wildman–Crippen MR) is 132 cm³/mol. The summed E-state index contributed by atoms with van der Waals surface area (Å²) in [7, 11) is 0. The number of carbonyl (C=O) groups is 1. The number of H-pyrrole nitrogens is 1. The highest BCUT2D eigenvalue weighted by Crippen LogP contribution is 2.36. The van der Waals surface area contributed by atoms with Crippen LogP contribution in [0.3, 0.4) is 0 Å². The largest absolute Gasteiger partial charge is 0.494 e. The number of halogens is 3. The first-order valence-corrected chi connectivity index (χ1v) is 11.8. The Bertz CT molecular complexity index is 1390. The van der Waals surface area contributed by atoms with E-state index in [1.807, 2.05) is 12.1 Å². The van der Waals surface area contributed by atoms with Crippen molar-refractivity contribution in [2.45, 2.75) is 19.3 Å². The topological polar surface area (TPSA) is 90.5 Å². The number of alkyl halides is 3. The maximum absolute atomic E-state index is 12.8. The van der Waals surface area contributed by atoms with Crippen molar-refractivity contribution >= 4 is 16.8 Å². The predicted octanol–water partition coefficient (Wildman–Crippen LogP) is 4.72. The van der Waals surface area contributed by atoms with Gasteiger partial charge in [-0.25, -0.2) is 0 Å². The molecule has 0 aliphatic carbocycles. The molecular formula is C27H25F3N4O3. The van der Waals surface area contributed by atoms with Crippen molar-refractivity contribution in [3.05, 3.63) is 83.0 Å². The summed E-state index contributed by atoms with van der Waals surface area (Å²) in [6, 6.07) is 13.4. The van der Waals surface area contributed by atoms with E-state index >= 15 is 0 Å². The average Bonchev–Trinajstić information content (AvgIpc) is 3.23. The van der Waals surface area contributed by atoms with Crippen LogP contribution in [0.25, 0.3) is 22.2 Å². The lowest BCUT2D eigenvalue weighted by Crippen LogP contribution is -2.35. The Morgan fingerprint density at radius 1 is 1.05 bits per heavy atom. The Balaban J connectivity index is 1.31. The van der Waals surface area contributed by atoms with Gasteiger partial charge in [-0.1, -0.05) is 18.2 Å². The van der Waals surface area contributed by atoms with Crippen LogP contribution in [0.1, 0.15) is 27.0 Å². The van der Waals surface area contributed by atoms with Crippen molar-refractivity contribution in [3.63, 3.8) is 0 Å². The molecule has 5 rings (SSSR count). The van der Waals surface area contributed by atoms with Gasteiger partial charge in [0.25, 0.3) is 5.91 Å². The van der Waals surface area contributed by atoms with Crippen molar-refractivity contribution in [3.8, 4) is 17.1 Å². The van der Waals surface area contributed by atoms with Gasteiger partial charge < -0.3 is 20.1 Å². The molecule has 4 aromatic rings. The first-order chi connectivity index (χ1) is 17.8. The number of nitrogens with zero attached hydrogens (tertiary/aromatic N) is 2. The molecule has 3 N–H and O–H groups in total. The summed E-state index contributed by atoms with van der Waals surface area (Å²) < 4.78 is 43.6. The van der Waals surface area contributed by atoms with Crippen molar-refractivity contribution < 1.29 is 27.8 Å². The van der Waals surface area contributed by atoms with E-state index in [1.54, 1.807) is 24.4 Å². The number of aromatic hydroxyl groups is 1. The van der Waals surface area contributed by atoms with Gasteiger partial charge in [0.2, 0.25) is 0 Å². The number of ether oxygens (including phenoxy) is 1. The zero-order valence-corrected chi connectivity index (χ0v) is 19.8. The van der Waals surface area contributed by atoms with Crippen molar-refractivity contribution in [1.29, 1.82) is 0 Å². The zero-order valence-electron chi connectivity index (χ0n) is 19.8. The van der Waals surface area contributed by atoms with Crippen LogP contribution in [0.15, 0.2) is 60.8 Å². The van der Waals surface area contributed by atoms with Crippen molar-refractivity contribution in [1.82, 2.24) is 20.2 Å². The summed E-state index contributed by atoms with van der Waals surface area (Å²) in [4.78, 5) is 22.5. The summed E-state index contributed by atoms with van der Waals surface area (Å²) in [6.07, 6.45) is -2.63. The summed E-state index contributed by atoms with van der Waals surface area (Å²) in [5.41, 5.74) is 2.91. The fourth-order valence-electron chi connectivity index (χ4n) is 4.36. The van der Waals surface area contributed by atoms with Gasteiger partial charge in [-0.3, -0.25) is 14.7 Å². The zero-order chi connectivity index (χ0) is 26.0. The molecule has 10 heteroatoms. The smallest absolute Gasteiger partial charge is 0.416 e. The Hall–Kier alpha value is -3.89. The quantitative estimate of drug-likeness (QED) is 0.349. The lowest BCUT2D eigenvalue weighted by Gasteiger charge is -2.26. The maximum atomic E-state index is 12.8. The number of hydrogen-bond donors (Lipinski definition) is 3. The third-order valence-electron chi connectivity index (χ3n) is 6.37. The number of rotatable bonds is 6. The normalized spacial score (nSPS) is 14.7. The molecule has 192 valence electrons. The Labute approximate surface area is 210 Å². The number of pyridine rings is 1. The minimum Gasteiger partial charge on any atom is -0.494 e. The number of aromatic nitrogens is 2. The first-order valence-electron chi connectivity index (χ1n) is 11.8. The second-order valence-corrected chi connectivity index (χ2v) is 8.93. The summed E-state index contributed by atoms with van der Waals surface area (Å²) >= 11 is 0. The molecule has 0 saturated carbocycles. The highest BCUT2D eigenvalue weighted by Gasteiger charge is 2.30. The maximum Gasteiger partial charge on any atom is 0.416 e. The van der Waals surface area contributed by atoms with Crippen LogP contribution in [0.4, 0.5) is 13.2 Å². The molecule has 1 saturated heterocycles. The third kappa shape index (κ3) is 5.60. The third-order valence-corrected chi connectivity index (χ3v) is 6.37. The molecule has 37 heavy (non-hydrogen) atoms. The van der Waals surface area contributed by atoms with E-state index in [1.165, 1.54) is 12.1 Å². The number of nitrogens with one attached hydrogen (secondary N) is 2. The van der Waals surface area contributed by atoms with Crippen LogP contribution in [-0.2, 0) is 24.0 Å². The summed E-state index contributed by atoms with van der Waals surface area (Å²) in [5, 5.41) is 13.9. The summed E-state index contributed by atoms with van der Waals surface area (Å²) in [5.74, 6) is -0.437. The van der Waals surface area contributed by atoms with Gasteiger partial charge in [0.15, 0.2) is 5.88 Å². The van der Waals surface area contributed by atoms with Crippen molar-refractivity contribution in [2.75, 3.05) is 26.3 Å². The van der Waals surface area contributed by atoms with Gasteiger partial charge in [-0.15, -0.1) is 0 Å². The SMILES string of the molecule is O=C(NCc1ccc(C(F)(F)F)cc1)c1ccc2[nH]c(O)c(-c3ccc(CN4CCOCC4)cn3)c2c1. The van der Waals surface area contributed by atoms with Gasteiger partial charge in [-0.2, -0.15) is 13.2 Å². The number of amides is 1. The molecule has 0 bridgehead atoms. The highest BCUT2D eigenvalue weighted by atomic mass is 19.4. The Kier molecular flexibility index (Phi) is 6.86. The van der Waals surface area contributed by atoms with Crippen molar-refractivity contribution in [2.24, 2.45) is 0 Å². The van der Waals surface area contributed by atoms with E-state index in [2.05, 4.69) is 20.2 Å². The van der Waals surface area contributed by atoms with E-state index < -0.39 is 11.7 Å². The Morgan fingerprint density at radius 3 is 2.46 bits per heavy atom. The lowest BCUT2D eigenvalue weighted by atomic mass is 10.1.